The summed E-state index contributed by atoms with van der Waals surface area (Å²) < 4.78 is 1.67. The van der Waals surface area contributed by atoms with E-state index in [1.165, 1.54) is 6.20 Å². The molecule has 2 aromatic heterocycles. The van der Waals surface area contributed by atoms with Gasteiger partial charge in [-0.25, -0.2) is 9.78 Å². The molecule has 2 heterocycles. The third-order valence-corrected chi connectivity index (χ3v) is 1.58. The maximum Gasteiger partial charge on any atom is 0.356 e. The zero-order valence-corrected chi connectivity index (χ0v) is 6.64. The van der Waals surface area contributed by atoms with Crippen LogP contribution in [0.1, 0.15) is 10.5 Å². The van der Waals surface area contributed by atoms with Gasteiger partial charge in [0.1, 0.15) is 5.65 Å². The Balaban J connectivity index is 0.000000845. The fraction of sp³-hybridized carbons (Fsp3) is 0. The molecule has 0 bridgehead atoms. The van der Waals surface area contributed by atoms with E-state index in [4.69, 9.17) is 5.11 Å². The van der Waals surface area contributed by atoms with Crippen molar-refractivity contribution in [3.63, 3.8) is 0 Å². The third-order valence-electron chi connectivity index (χ3n) is 1.58. The van der Waals surface area contributed by atoms with Crippen molar-refractivity contribution in [1.29, 1.82) is 0 Å². The van der Waals surface area contributed by atoms with Crippen molar-refractivity contribution < 1.29 is 15.4 Å². The number of hydrogen-bond donors (Lipinski definition) is 1. The lowest BCUT2D eigenvalue weighted by Gasteiger charge is -1.86. The van der Waals surface area contributed by atoms with Crippen molar-refractivity contribution in [3.8, 4) is 0 Å². The minimum absolute atomic E-state index is 0. The summed E-state index contributed by atoms with van der Waals surface area (Å²) in [7, 11) is 0. The maximum absolute atomic E-state index is 10.5. The highest BCUT2D eigenvalue weighted by atomic mass is 16.4. The number of fused-ring (bicyclic) bond motifs is 1. The summed E-state index contributed by atoms with van der Waals surface area (Å²) in [5.74, 6) is -1.00. The van der Waals surface area contributed by atoms with Gasteiger partial charge in [0.25, 0.3) is 0 Å². The van der Waals surface area contributed by atoms with Crippen molar-refractivity contribution in [1.82, 2.24) is 9.38 Å². The molecule has 0 atom stereocenters. The summed E-state index contributed by atoms with van der Waals surface area (Å²) in [6, 6.07) is 5.39. The van der Waals surface area contributed by atoms with Gasteiger partial charge in [0, 0.05) is 12.4 Å². The van der Waals surface area contributed by atoms with Crippen LogP contribution in [0.15, 0.2) is 30.6 Å². The van der Waals surface area contributed by atoms with Crippen molar-refractivity contribution in [2.45, 2.75) is 0 Å². The Morgan fingerprint density at radius 3 is 2.85 bits per heavy atom. The number of carbonyl (C=O) groups is 1. The normalized spacial score (nSPS) is 9.54. The molecule has 0 aliphatic carbocycles. The van der Waals surface area contributed by atoms with Crippen LogP contribution in [0.25, 0.3) is 5.65 Å². The summed E-state index contributed by atoms with van der Waals surface area (Å²) >= 11 is 0. The van der Waals surface area contributed by atoms with Gasteiger partial charge < -0.3 is 15.0 Å². The first-order chi connectivity index (χ1) is 5.77. The molecule has 0 aliphatic rings. The average Bonchev–Trinajstić information content (AvgIpc) is 2.46. The van der Waals surface area contributed by atoms with Crippen LogP contribution in [-0.4, -0.2) is 25.9 Å². The minimum atomic E-state index is -1.00. The maximum atomic E-state index is 10.5. The van der Waals surface area contributed by atoms with Crippen LogP contribution in [0, 0.1) is 0 Å². The highest BCUT2D eigenvalue weighted by Gasteiger charge is 2.06. The molecular weight excluding hydrogens is 172 g/mol. The molecule has 13 heavy (non-hydrogen) atoms. The van der Waals surface area contributed by atoms with Crippen LogP contribution in [0.4, 0.5) is 0 Å². The summed E-state index contributed by atoms with van der Waals surface area (Å²) in [6.07, 6.45) is 3.24. The first-order valence-corrected chi connectivity index (χ1v) is 3.44. The second-order valence-electron chi connectivity index (χ2n) is 2.40. The van der Waals surface area contributed by atoms with Crippen molar-refractivity contribution in [2.75, 3.05) is 0 Å². The summed E-state index contributed by atoms with van der Waals surface area (Å²) in [5.41, 5.74) is 0.719. The van der Waals surface area contributed by atoms with Crippen LogP contribution in [-0.2, 0) is 0 Å². The Labute approximate surface area is 73.6 Å². The number of pyridine rings is 1. The molecule has 0 saturated heterocycles. The second kappa shape index (κ2) is 3.24. The Bertz CT molecular complexity index is 403. The largest absolute Gasteiger partial charge is 0.476 e. The van der Waals surface area contributed by atoms with Gasteiger partial charge in [0.15, 0.2) is 5.69 Å². The lowest BCUT2D eigenvalue weighted by molar-refractivity contribution is 0.0691. The number of hydrogen-bond acceptors (Lipinski definition) is 2. The van der Waals surface area contributed by atoms with Gasteiger partial charge >= 0.3 is 5.97 Å². The number of carboxylic acid groups (broad SMARTS) is 1. The van der Waals surface area contributed by atoms with Crippen molar-refractivity contribution in [3.05, 3.63) is 36.3 Å². The molecule has 0 fully saturated rings. The lowest BCUT2D eigenvalue weighted by Crippen LogP contribution is -1.94. The zero-order valence-electron chi connectivity index (χ0n) is 6.64. The van der Waals surface area contributed by atoms with Gasteiger partial charge in [-0.05, 0) is 12.1 Å². The molecule has 0 aromatic carbocycles. The average molecular weight is 180 g/mol. The number of carboxylic acids is 1. The van der Waals surface area contributed by atoms with Crippen LogP contribution >= 0.6 is 0 Å². The van der Waals surface area contributed by atoms with E-state index in [0.717, 1.165) is 0 Å². The fourth-order valence-corrected chi connectivity index (χ4v) is 1.04. The molecule has 0 spiro atoms. The van der Waals surface area contributed by atoms with Crippen LogP contribution in [0.3, 0.4) is 0 Å². The molecule has 0 aliphatic heterocycles. The lowest BCUT2D eigenvalue weighted by atomic mass is 10.5. The van der Waals surface area contributed by atoms with E-state index in [2.05, 4.69) is 4.98 Å². The fourth-order valence-electron chi connectivity index (χ4n) is 1.04. The van der Waals surface area contributed by atoms with Crippen LogP contribution in [0.5, 0.6) is 0 Å². The molecule has 0 unspecified atom stereocenters. The van der Waals surface area contributed by atoms with E-state index in [1.54, 1.807) is 16.7 Å². The summed E-state index contributed by atoms with van der Waals surface area (Å²) in [5, 5.41) is 8.61. The quantitative estimate of drug-likeness (QED) is 0.680. The van der Waals surface area contributed by atoms with Gasteiger partial charge in [-0.2, -0.15) is 0 Å². The molecule has 2 rings (SSSR count). The Hall–Kier alpha value is -1.88. The van der Waals surface area contributed by atoms with Crippen molar-refractivity contribution in [2.24, 2.45) is 0 Å². The smallest absolute Gasteiger partial charge is 0.356 e. The van der Waals surface area contributed by atoms with E-state index >= 15 is 0 Å². The topological polar surface area (TPSA) is 86.1 Å². The molecule has 3 N–H and O–H groups in total. The van der Waals surface area contributed by atoms with Gasteiger partial charge in [-0.3, -0.25) is 0 Å². The van der Waals surface area contributed by atoms with E-state index < -0.39 is 5.97 Å². The van der Waals surface area contributed by atoms with Gasteiger partial charge in [0.05, 0.1) is 0 Å². The monoisotopic (exact) mass is 180 g/mol. The molecule has 0 saturated carbocycles. The molecule has 2 aromatic rings. The highest BCUT2D eigenvalue weighted by molar-refractivity contribution is 5.86. The first kappa shape index (κ1) is 9.21. The minimum Gasteiger partial charge on any atom is -0.476 e. The Morgan fingerprint density at radius 1 is 1.46 bits per heavy atom. The molecule has 5 heteroatoms. The van der Waals surface area contributed by atoms with E-state index in [-0.39, 0.29) is 11.2 Å². The van der Waals surface area contributed by atoms with E-state index in [0.29, 0.717) is 5.65 Å². The van der Waals surface area contributed by atoms with Gasteiger partial charge in [0.2, 0.25) is 0 Å². The van der Waals surface area contributed by atoms with Crippen LogP contribution in [0.2, 0.25) is 0 Å². The highest BCUT2D eigenvalue weighted by Crippen LogP contribution is 2.03. The first-order valence-electron chi connectivity index (χ1n) is 3.44. The number of imidazole rings is 1. The molecular formula is C8H8N2O3. The molecule has 5 nitrogen and oxygen atoms in total. The predicted molar refractivity (Wildman–Crippen MR) is 45.8 cm³/mol. The number of rotatable bonds is 1. The molecule has 68 valence electrons. The van der Waals surface area contributed by atoms with E-state index in [9.17, 15) is 4.79 Å². The number of aromatic nitrogens is 2. The SMILES string of the molecule is O.O=C(O)c1cn2ccccc2n1. The van der Waals surface area contributed by atoms with Crippen molar-refractivity contribution >= 4 is 11.6 Å². The number of nitrogens with zero attached hydrogens (tertiary/aromatic N) is 2. The molecule has 0 radical (unpaired) electrons. The number of aromatic carboxylic acids is 1. The van der Waals surface area contributed by atoms with E-state index in [1.807, 2.05) is 12.1 Å². The predicted octanol–water partition coefficient (Wildman–Crippen LogP) is 0.208. The standard InChI is InChI=1S/C8H6N2O2.H2O/c11-8(12)6-5-10-4-2-1-3-7(10)9-6;/h1-5H,(H,11,12);1H2. The molecule has 0 amide bonds. The zero-order chi connectivity index (χ0) is 8.55. The second-order valence-corrected chi connectivity index (χ2v) is 2.40. The Morgan fingerprint density at radius 2 is 2.23 bits per heavy atom. The summed E-state index contributed by atoms with van der Waals surface area (Å²) in [4.78, 5) is 14.4. The summed E-state index contributed by atoms with van der Waals surface area (Å²) in [6.45, 7) is 0. The van der Waals surface area contributed by atoms with Gasteiger partial charge in [-0.15, -0.1) is 0 Å². The Kier molecular flexibility index (Phi) is 2.29. The van der Waals surface area contributed by atoms with Gasteiger partial charge in [-0.1, -0.05) is 6.07 Å². The third kappa shape index (κ3) is 1.50. The van der Waals surface area contributed by atoms with Crippen LogP contribution < -0.4 is 0 Å².